The molecular weight excluding hydrogens is 417 g/mol. The van der Waals surface area contributed by atoms with Gasteiger partial charge in [0.1, 0.15) is 11.6 Å². The molecule has 0 radical (unpaired) electrons. The molecule has 0 aliphatic heterocycles. The Labute approximate surface area is 172 Å². The Balaban J connectivity index is 1.81. The summed E-state index contributed by atoms with van der Waals surface area (Å²) >= 11 is 0.963. The number of imidazole rings is 1. The molecule has 4 rings (SSSR count). The maximum absolute atomic E-state index is 13.8. The monoisotopic (exact) mass is 430 g/mol. The van der Waals surface area contributed by atoms with Crippen LogP contribution in [0.5, 0.6) is 0 Å². The molecule has 0 saturated carbocycles. The van der Waals surface area contributed by atoms with Crippen molar-refractivity contribution in [3.05, 3.63) is 75.7 Å². The lowest BCUT2D eigenvalue weighted by atomic mass is 10.0. The largest absolute Gasteiger partial charge is 0.478 e. The number of para-hydroxylation sites is 2. The van der Waals surface area contributed by atoms with Gasteiger partial charge in [-0.1, -0.05) is 24.3 Å². The van der Waals surface area contributed by atoms with E-state index in [1.807, 2.05) is 0 Å². The van der Waals surface area contributed by atoms with Gasteiger partial charge in [0.25, 0.3) is 0 Å². The van der Waals surface area contributed by atoms with Gasteiger partial charge in [0.15, 0.2) is 5.78 Å². The average Bonchev–Trinajstić information content (AvgIpc) is 3.29. The molecule has 0 saturated heterocycles. The van der Waals surface area contributed by atoms with Gasteiger partial charge >= 0.3 is 12.5 Å². The summed E-state index contributed by atoms with van der Waals surface area (Å²) in [6.45, 7) is -2.94. The van der Waals surface area contributed by atoms with E-state index in [4.69, 9.17) is 0 Å². The second-order valence-electron chi connectivity index (χ2n) is 6.43. The van der Waals surface area contributed by atoms with Crippen molar-refractivity contribution in [2.24, 2.45) is 0 Å². The van der Waals surface area contributed by atoms with E-state index in [9.17, 15) is 27.9 Å². The molecule has 1 N–H and O–H groups in total. The van der Waals surface area contributed by atoms with Crippen LogP contribution in [0.2, 0.25) is 0 Å². The maximum Gasteiger partial charge on any atom is 0.337 e. The number of carboxylic acids is 1. The Bertz CT molecular complexity index is 1280. The smallest absolute Gasteiger partial charge is 0.337 e. The van der Waals surface area contributed by atoms with Crippen LogP contribution in [0.15, 0.2) is 53.9 Å². The Morgan fingerprint density at radius 1 is 1.13 bits per heavy atom. The second-order valence-corrected chi connectivity index (χ2v) is 7.40. The number of carbonyl (C=O) groups is 2. The first kappa shape index (κ1) is 19.8. The molecule has 152 valence electrons. The van der Waals surface area contributed by atoms with Crippen molar-refractivity contribution < 1.29 is 27.9 Å². The van der Waals surface area contributed by atoms with E-state index < -0.39 is 24.1 Å². The third-order valence-electron chi connectivity index (χ3n) is 4.58. The molecular formula is C21H13F3N2O3S. The van der Waals surface area contributed by atoms with Gasteiger partial charge in [0.2, 0.25) is 0 Å². The van der Waals surface area contributed by atoms with E-state index in [0.29, 0.717) is 10.1 Å². The van der Waals surface area contributed by atoms with Gasteiger partial charge in [-0.25, -0.2) is 14.2 Å². The van der Waals surface area contributed by atoms with E-state index in [-0.39, 0.29) is 39.3 Å². The van der Waals surface area contributed by atoms with E-state index in [0.717, 1.165) is 17.4 Å². The molecule has 30 heavy (non-hydrogen) atoms. The number of hydrogen-bond donors (Lipinski definition) is 1. The summed E-state index contributed by atoms with van der Waals surface area (Å²) in [6, 6.07) is 11.3. The number of halogens is 3. The predicted molar refractivity (Wildman–Crippen MR) is 106 cm³/mol. The van der Waals surface area contributed by atoms with Crippen molar-refractivity contribution in [3.63, 3.8) is 0 Å². The molecule has 0 spiro atoms. The number of aromatic carboxylic acids is 1. The number of rotatable bonds is 6. The summed E-state index contributed by atoms with van der Waals surface area (Å²) in [5.74, 6) is -2.62. The van der Waals surface area contributed by atoms with Crippen LogP contribution < -0.4 is 0 Å². The summed E-state index contributed by atoms with van der Waals surface area (Å²) in [5, 5.41) is 11.1. The van der Waals surface area contributed by atoms with Gasteiger partial charge in [0, 0.05) is 27.8 Å². The lowest BCUT2D eigenvalue weighted by molar-refractivity contribution is 0.0692. The number of Topliss-reactive ketones (excluding diaryl/α,β-unsaturated/α-hetero) is 1. The van der Waals surface area contributed by atoms with Gasteiger partial charge in [-0.05, 0) is 24.3 Å². The Morgan fingerprint density at radius 3 is 2.60 bits per heavy atom. The number of aromatic nitrogens is 2. The molecule has 0 amide bonds. The quantitative estimate of drug-likeness (QED) is 0.415. The summed E-state index contributed by atoms with van der Waals surface area (Å²) in [7, 11) is 0. The standard InChI is InChI=1S/C21H13F3N2O3S/c22-12-5-3-4-11(8-12)16(27)9-17-18(20(28)29)13(10-30-17)19-25-14-6-1-2-7-15(14)26(19)21(23)24/h1-8,10,21H,9H2,(H,28,29). The number of ketones is 1. The van der Waals surface area contributed by atoms with E-state index in [1.54, 1.807) is 18.2 Å². The molecule has 0 unspecified atom stereocenters. The minimum atomic E-state index is -2.94. The van der Waals surface area contributed by atoms with Crippen LogP contribution in [0.25, 0.3) is 22.4 Å². The summed E-state index contributed by atoms with van der Waals surface area (Å²) in [4.78, 5) is 28.8. The van der Waals surface area contributed by atoms with Gasteiger partial charge < -0.3 is 5.11 Å². The highest BCUT2D eigenvalue weighted by atomic mass is 32.1. The summed E-state index contributed by atoms with van der Waals surface area (Å²) in [5.41, 5.74) is 0.310. The molecule has 2 aromatic heterocycles. The first-order valence-electron chi connectivity index (χ1n) is 8.74. The Morgan fingerprint density at radius 2 is 1.90 bits per heavy atom. The first-order chi connectivity index (χ1) is 14.4. The first-order valence-corrected chi connectivity index (χ1v) is 9.62. The normalized spacial score (nSPS) is 11.3. The van der Waals surface area contributed by atoms with Gasteiger partial charge in [-0.2, -0.15) is 8.78 Å². The van der Waals surface area contributed by atoms with Crippen LogP contribution in [0.3, 0.4) is 0 Å². The number of thiophene rings is 1. The topological polar surface area (TPSA) is 72.2 Å². The van der Waals surface area contributed by atoms with E-state index in [2.05, 4.69) is 4.98 Å². The number of nitrogens with zero attached hydrogens (tertiary/aromatic N) is 2. The number of hydrogen-bond acceptors (Lipinski definition) is 4. The number of benzene rings is 2. The van der Waals surface area contributed by atoms with Crippen LogP contribution in [0, 0.1) is 5.82 Å². The van der Waals surface area contributed by atoms with Crippen LogP contribution >= 0.6 is 11.3 Å². The van der Waals surface area contributed by atoms with Crippen LogP contribution in [0.1, 0.15) is 32.1 Å². The summed E-state index contributed by atoms with van der Waals surface area (Å²) in [6.07, 6.45) is -0.301. The van der Waals surface area contributed by atoms with Crippen molar-refractivity contribution in [2.75, 3.05) is 0 Å². The number of fused-ring (bicyclic) bond motifs is 1. The van der Waals surface area contributed by atoms with Gasteiger partial charge in [-0.15, -0.1) is 11.3 Å². The highest BCUT2D eigenvalue weighted by molar-refractivity contribution is 7.11. The molecule has 0 bridgehead atoms. The van der Waals surface area contributed by atoms with Crippen molar-refractivity contribution in [3.8, 4) is 11.4 Å². The van der Waals surface area contributed by atoms with Crippen LogP contribution in [0.4, 0.5) is 13.2 Å². The Kier molecular flexibility index (Phi) is 5.13. The fourth-order valence-electron chi connectivity index (χ4n) is 3.27. The van der Waals surface area contributed by atoms with E-state index in [1.165, 1.54) is 29.6 Å². The molecule has 0 fully saturated rings. The molecule has 2 aromatic carbocycles. The van der Waals surface area contributed by atoms with E-state index >= 15 is 0 Å². The average molecular weight is 430 g/mol. The molecule has 5 nitrogen and oxygen atoms in total. The zero-order chi connectivity index (χ0) is 21.4. The fraction of sp³-hybridized carbons (Fsp3) is 0.0952. The zero-order valence-electron chi connectivity index (χ0n) is 15.2. The molecule has 0 atom stereocenters. The van der Waals surface area contributed by atoms with Gasteiger partial charge in [0.05, 0.1) is 16.6 Å². The second kappa shape index (κ2) is 7.75. The molecule has 4 aromatic rings. The minimum absolute atomic E-state index is 0.00559. The third-order valence-corrected chi connectivity index (χ3v) is 5.57. The summed E-state index contributed by atoms with van der Waals surface area (Å²) < 4.78 is 41.6. The molecule has 2 heterocycles. The number of carboxylic acid groups (broad SMARTS) is 1. The number of alkyl halides is 2. The highest BCUT2D eigenvalue weighted by Gasteiger charge is 2.27. The fourth-order valence-corrected chi connectivity index (χ4v) is 4.28. The van der Waals surface area contributed by atoms with Crippen LogP contribution in [-0.2, 0) is 6.42 Å². The molecule has 9 heteroatoms. The minimum Gasteiger partial charge on any atom is -0.478 e. The third kappa shape index (κ3) is 3.48. The van der Waals surface area contributed by atoms with Crippen molar-refractivity contribution >= 4 is 34.1 Å². The lowest BCUT2D eigenvalue weighted by Gasteiger charge is -2.08. The molecule has 0 aliphatic rings. The highest BCUT2D eigenvalue weighted by Crippen LogP contribution is 2.36. The van der Waals surface area contributed by atoms with Crippen molar-refractivity contribution in [2.45, 2.75) is 13.0 Å². The van der Waals surface area contributed by atoms with Gasteiger partial charge in [-0.3, -0.25) is 9.36 Å². The maximum atomic E-state index is 13.8. The lowest BCUT2D eigenvalue weighted by Crippen LogP contribution is -2.09. The zero-order valence-corrected chi connectivity index (χ0v) is 16.0. The number of carbonyl (C=O) groups excluding carboxylic acids is 1. The SMILES string of the molecule is O=C(Cc1scc(-c2nc3ccccc3n2C(F)F)c1C(=O)O)c1cccc(F)c1. The van der Waals surface area contributed by atoms with Crippen molar-refractivity contribution in [1.82, 2.24) is 9.55 Å². The molecule has 0 aliphatic carbocycles. The van der Waals surface area contributed by atoms with Crippen molar-refractivity contribution in [1.29, 1.82) is 0 Å². The van der Waals surface area contributed by atoms with Crippen LogP contribution in [-0.4, -0.2) is 26.4 Å². The Hall–Kier alpha value is -3.46. The predicted octanol–water partition coefficient (Wildman–Crippen LogP) is 5.42.